The van der Waals surface area contributed by atoms with Gasteiger partial charge >= 0.3 is 5.97 Å². The lowest BCUT2D eigenvalue weighted by atomic mass is 10.1. The van der Waals surface area contributed by atoms with Crippen molar-refractivity contribution in [3.8, 4) is 21.9 Å². The molecule has 1 atom stereocenters. The zero-order chi connectivity index (χ0) is 17.8. The molecule has 0 spiro atoms. The van der Waals surface area contributed by atoms with Gasteiger partial charge in [0, 0.05) is 12.0 Å². The Morgan fingerprint density at radius 1 is 1.24 bits per heavy atom. The number of hydrogen-bond donors (Lipinski definition) is 2. The minimum atomic E-state index is -1.12. The monoisotopic (exact) mass is 363 g/mol. The molecule has 1 amide bonds. The van der Waals surface area contributed by atoms with E-state index in [2.05, 4.69) is 5.32 Å². The van der Waals surface area contributed by atoms with Crippen LogP contribution in [0, 0.1) is 0 Å². The predicted molar refractivity (Wildman–Crippen MR) is 91.5 cm³/mol. The highest BCUT2D eigenvalue weighted by Gasteiger charge is 2.19. The van der Waals surface area contributed by atoms with Crippen molar-refractivity contribution >= 4 is 23.2 Å². The van der Waals surface area contributed by atoms with Gasteiger partial charge in [0.1, 0.15) is 13.2 Å². The van der Waals surface area contributed by atoms with Crippen molar-refractivity contribution in [2.24, 2.45) is 0 Å². The zero-order valence-corrected chi connectivity index (χ0v) is 14.3. The Bertz CT molecular complexity index is 787. The third kappa shape index (κ3) is 3.92. The third-order valence-electron chi connectivity index (χ3n) is 3.66. The number of benzene rings is 1. The molecule has 0 fully saturated rings. The number of rotatable bonds is 6. The minimum absolute atomic E-state index is 0.0953. The number of methoxy groups -OCH3 is 1. The number of fused-ring (bicyclic) bond motifs is 1. The Kier molecular flexibility index (Phi) is 5.20. The summed E-state index contributed by atoms with van der Waals surface area (Å²) in [5.74, 6) is -0.0561. The smallest absolute Gasteiger partial charge is 0.334 e. The SMILES string of the molecule is COC(CNC(=O)c1ccc(-c2ccc3c(c2)OCCO3)s1)C(=O)O. The van der Waals surface area contributed by atoms with Crippen molar-refractivity contribution in [3.05, 3.63) is 35.2 Å². The second-order valence-corrected chi connectivity index (χ2v) is 6.38. The molecular weight excluding hydrogens is 346 g/mol. The number of carboxylic acid groups (broad SMARTS) is 1. The van der Waals surface area contributed by atoms with Gasteiger partial charge in [0.15, 0.2) is 17.6 Å². The Balaban J connectivity index is 1.69. The Labute approximate surface area is 148 Å². The summed E-state index contributed by atoms with van der Waals surface area (Å²) < 4.78 is 15.9. The molecule has 1 unspecified atom stereocenters. The van der Waals surface area contributed by atoms with Crippen LogP contribution in [0.2, 0.25) is 0 Å². The normalized spacial score (nSPS) is 14.0. The summed E-state index contributed by atoms with van der Waals surface area (Å²) in [6, 6.07) is 9.18. The van der Waals surface area contributed by atoms with Gasteiger partial charge in [-0.05, 0) is 35.9 Å². The summed E-state index contributed by atoms with van der Waals surface area (Å²) in [4.78, 5) is 24.5. The molecule has 0 radical (unpaired) electrons. The van der Waals surface area contributed by atoms with Crippen LogP contribution < -0.4 is 14.8 Å². The Hall–Kier alpha value is -2.58. The number of carbonyl (C=O) groups is 2. The van der Waals surface area contributed by atoms with Gasteiger partial charge in [-0.2, -0.15) is 0 Å². The van der Waals surface area contributed by atoms with E-state index in [1.807, 2.05) is 24.3 Å². The van der Waals surface area contributed by atoms with Crippen LogP contribution in [0.15, 0.2) is 30.3 Å². The lowest BCUT2D eigenvalue weighted by Crippen LogP contribution is -2.37. The van der Waals surface area contributed by atoms with Crippen LogP contribution >= 0.6 is 11.3 Å². The molecule has 0 saturated heterocycles. The number of carboxylic acids is 1. The maximum atomic E-state index is 12.2. The average Bonchev–Trinajstić information content (AvgIpc) is 3.11. The summed E-state index contributed by atoms with van der Waals surface area (Å²) in [6.07, 6.45) is -1.07. The summed E-state index contributed by atoms with van der Waals surface area (Å²) in [5.41, 5.74) is 0.925. The van der Waals surface area contributed by atoms with Crippen LogP contribution in [0.5, 0.6) is 11.5 Å². The molecule has 7 nitrogen and oxygen atoms in total. The van der Waals surface area contributed by atoms with E-state index in [1.165, 1.54) is 18.4 Å². The van der Waals surface area contributed by atoms with Crippen molar-refractivity contribution < 1.29 is 28.9 Å². The molecule has 1 aromatic carbocycles. The number of amides is 1. The molecule has 2 N–H and O–H groups in total. The van der Waals surface area contributed by atoms with Crippen LogP contribution in [0.4, 0.5) is 0 Å². The quantitative estimate of drug-likeness (QED) is 0.815. The molecule has 3 rings (SSSR count). The number of nitrogens with one attached hydrogen (secondary N) is 1. The highest BCUT2D eigenvalue weighted by molar-refractivity contribution is 7.17. The van der Waals surface area contributed by atoms with E-state index in [4.69, 9.17) is 19.3 Å². The van der Waals surface area contributed by atoms with E-state index in [0.29, 0.717) is 29.6 Å². The van der Waals surface area contributed by atoms with Gasteiger partial charge < -0.3 is 24.6 Å². The van der Waals surface area contributed by atoms with Gasteiger partial charge in [0.05, 0.1) is 11.4 Å². The maximum absolute atomic E-state index is 12.2. The summed E-state index contributed by atoms with van der Waals surface area (Å²) in [5, 5.41) is 11.5. The van der Waals surface area contributed by atoms with E-state index in [1.54, 1.807) is 6.07 Å². The van der Waals surface area contributed by atoms with Crippen LogP contribution in [0.3, 0.4) is 0 Å². The van der Waals surface area contributed by atoms with Gasteiger partial charge in [-0.15, -0.1) is 11.3 Å². The summed E-state index contributed by atoms with van der Waals surface area (Å²) in [6.45, 7) is 0.954. The number of hydrogen-bond acceptors (Lipinski definition) is 6. The first kappa shape index (κ1) is 17.2. The first-order valence-corrected chi connectivity index (χ1v) is 8.44. The fourth-order valence-corrected chi connectivity index (χ4v) is 3.27. The number of carbonyl (C=O) groups excluding carboxylic acids is 1. The second kappa shape index (κ2) is 7.54. The van der Waals surface area contributed by atoms with E-state index in [-0.39, 0.29) is 12.5 Å². The van der Waals surface area contributed by atoms with Crippen LogP contribution in [-0.2, 0) is 9.53 Å². The molecule has 2 heterocycles. The van der Waals surface area contributed by atoms with Crippen LogP contribution in [0.1, 0.15) is 9.67 Å². The van der Waals surface area contributed by atoms with Crippen molar-refractivity contribution in [2.75, 3.05) is 26.9 Å². The van der Waals surface area contributed by atoms with Crippen molar-refractivity contribution in [3.63, 3.8) is 0 Å². The molecule has 25 heavy (non-hydrogen) atoms. The number of ether oxygens (including phenoxy) is 3. The molecular formula is C17H17NO6S. The molecule has 0 saturated carbocycles. The largest absolute Gasteiger partial charge is 0.486 e. The van der Waals surface area contributed by atoms with Crippen molar-refractivity contribution in [1.82, 2.24) is 5.32 Å². The first-order valence-electron chi connectivity index (χ1n) is 7.62. The number of thiophene rings is 1. The molecule has 8 heteroatoms. The Morgan fingerprint density at radius 3 is 2.72 bits per heavy atom. The molecule has 1 aliphatic heterocycles. The molecule has 1 aliphatic rings. The molecule has 132 valence electrons. The third-order valence-corrected chi connectivity index (χ3v) is 4.80. The van der Waals surface area contributed by atoms with E-state index in [0.717, 1.165) is 10.4 Å². The summed E-state index contributed by atoms with van der Waals surface area (Å²) in [7, 11) is 1.29. The van der Waals surface area contributed by atoms with Gasteiger partial charge in [-0.3, -0.25) is 4.79 Å². The summed E-state index contributed by atoms with van der Waals surface area (Å²) >= 11 is 1.32. The van der Waals surface area contributed by atoms with Gasteiger partial charge in [0.25, 0.3) is 5.91 Å². The van der Waals surface area contributed by atoms with E-state index in [9.17, 15) is 9.59 Å². The molecule has 1 aromatic heterocycles. The van der Waals surface area contributed by atoms with Gasteiger partial charge in [-0.25, -0.2) is 4.79 Å². The predicted octanol–water partition coefficient (Wildman–Crippen LogP) is 2.02. The highest BCUT2D eigenvalue weighted by atomic mass is 32.1. The minimum Gasteiger partial charge on any atom is -0.486 e. The van der Waals surface area contributed by atoms with Crippen molar-refractivity contribution in [2.45, 2.75) is 6.10 Å². The lowest BCUT2D eigenvalue weighted by Gasteiger charge is -2.18. The van der Waals surface area contributed by atoms with Gasteiger partial charge in [0.2, 0.25) is 0 Å². The molecule has 2 aromatic rings. The average molecular weight is 363 g/mol. The first-order chi connectivity index (χ1) is 12.1. The zero-order valence-electron chi connectivity index (χ0n) is 13.5. The fraction of sp³-hybridized carbons (Fsp3) is 0.294. The van der Waals surface area contributed by atoms with E-state index >= 15 is 0 Å². The topological polar surface area (TPSA) is 94.1 Å². The standard InChI is InChI=1S/C17H17NO6S/c1-22-13(17(20)21)9-18-16(19)15-5-4-14(25-15)10-2-3-11-12(8-10)24-7-6-23-11/h2-5,8,13H,6-7,9H2,1H3,(H,18,19)(H,20,21). The maximum Gasteiger partial charge on any atom is 0.334 e. The number of aliphatic carboxylic acids is 1. The van der Waals surface area contributed by atoms with Crippen LogP contribution in [0.25, 0.3) is 10.4 Å². The van der Waals surface area contributed by atoms with E-state index < -0.39 is 12.1 Å². The Morgan fingerprint density at radius 2 is 2.00 bits per heavy atom. The molecule has 0 bridgehead atoms. The van der Waals surface area contributed by atoms with Gasteiger partial charge in [-0.1, -0.05) is 0 Å². The highest BCUT2D eigenvalue weighted by Crippen LogP contribution is 2.36. The molecule has 0 aliphatic carbocycles. The fourth-order valence-electron chi connectivity index (χ4n) is 2.36. The lowest BCUT2D eigenvalue weighted by molar-refractivity contribution is -0.148. The van der Waals surface area contributed by atoms with Crippen molar-refractivity contribution in [1.29, 1.82) is 0 Å². The second-order valence-electron chi connectivity index (χ2n) is 5.29. The van der Waals surface area contributed by atoms with Crippen LogP contribution in [-0.4, -0.2) is 50.0 Å².